The Kier molecular flexibility index (Phi) is 5.95. The van der Waals surface area contributed by atoms with Crippen LogP contribution in [-0.2, 0) is 33.7 Å². The first-order valence-corrected chi connectivity index (χ1v) is 15.9. The number of ether oxygens (including phenoxy) is 1. The van der Waals surface area contributed by atoms with Gasteiger partial charge in [0.1, 0.15) is 23.2 Å². The minimum Gasteiger partial charge on any atom is -0.505 e. The predicted molar refractivity (Wildman–Crippen MR) is 137 cm³/mol. The molecule has 1 atom stereocenters. The van der Waals surface area contributed by atoms with Gasteiger partial charge >= 0.3 is 11.9 Å². The number of carbonyl (C=O) groups is 2. The van der Waals surface area contributed by atoms with E-state index in [1.807, 2.05) is 16.7 Å². The Balaban J connectivity index is 1.51. The molecule has 1 aromatic carbocycles. The molecule has 5 rings (SSSR count). The molecule has 0 fully saturated rings. The number of aliphatic hydroxyl groups is 2. The zero-order valence-corrected chi connectivity index (χ0v) is 21.9. The van der Waals surface area contributed by atoms with Crippen LogP contribution in [0.1, 0.15) is 42.1 Å². The third kappa shape index (κ3) is 4.00. The molecular weight excluding hydrogens is 476 g/mol. The Morgan fingerprint density at radius 2 is 2.06 bits per heavy atom. The molecule has 0 saturated heterocycles. The fourth-order valence-corrected chi connectivity index (χ4v) is 7.67. The normalized spacial score (nSPS) is 20.7. The minimum absolute atomic E-state index is 0.0147. The van der Waals surface area contributed by atoms with Gasteiger partial charge < -0.3 is 24.6 Å². The van der Waals surface area contributed by atoms with Crippen molar-refractivity contribution < 1.29 is 29.6 Å². The number of carboxylic acid groups (broad SMARTS) is 1. The van der Waals surface area contributed by atoms with Crippen LogP contribution >= 0.6 is 0 Å². The standard InChI is InChI=1S/C27H32N2O6Si/c1-4-27(34)20-13-21-24(25(32)19(20)15-35-26(27)33)29-14-18-16(6-5-7-17(18)12-22(29)28-21)8-10-36(2,3)11-9-23(30)31/h5-7,12,32,34H,4,8-11,13-15H2,1-3H3,(H,30,31). The largest absolute Gasteiger partial charge is 0.505 e. The van der Waals surface area contributed by atoms with Gasteiger partial charge in [0.05, 0.1) is 12.2 Å². The number of nitrogens with zero attached hydrogens (tertiary/aromatic N) is 2. The monoisotopic (exact) mass is 508 g/mol. The second-order valence-corrected chi connectivity index (χ2v) is 16.1. The third-order valence-corrected chi connectivity index (χ3v) is 11.2. The summed E-state index contributed by atoms with van der Waals surface area (Å²) in [4.78, 5) is 28.2. The summed E-state index contributed by atoms with van der Waals surface area (Å²) in [6.45, 7) is 6.70. The van der Waals surface area contributed by atoms with E-state index in [-0.39, 0.29) is 31.6 Å². The summed E-state index contributed by atoms with van der Waals surface area (Å²) >= 11 is 0. The van der Waals surface area contributed by atoms with E-state index < -0.39 is 25.6 Å². The summed E-state index contributed by atoms with van der Waals surface area (Å²) in [5, 5.41) is 32.0. The number of esters is 1. The zero-order chi connectivity index (χ0) is 25.8. The number of aryl methyl sites for hydroxylation is 1. The molecule has 1 aliphatic carbocycles. The average Bonchev–Trinajstić information content (AvgIpc) is 3.20. The quantitative estimate of drug-likeness (QED) is 0.330. The number of rotatable bonds is 7. The Labute approximate surface area is 210 Å². The number of hydrogen-bond donors (Lipinski definition) is 3. The molecule has 0 radical (unpaired) electrons. The number of aliphatic hydroxyl groups excluding tert-OH is 1. The molecule has 0 spiro atoms. The van der Waals surface area contributed by atoms with Crippen molar-refractivity contribution in [3.05, 3.63) is 62.6 Å². The van der Waals surface area contributed by atoms with Crippen molar-refractivity contribution >= 4 is 31.8 Å². The highest BCUT2D eigenvalue weighted by molar-refractivity contribution is 6.77. The first-order chi connectivity index (χ1) is 17.0. The predicted octanol–water partition coefficient (Wildman–Crippen LogP) is 2.02. The van der Waals surface area contributed by atoms with Crippen molar-refractivity contribution in [1.82, 2.24) is 9.55 Å². The van der Waals surface area contributed by atoms with Crippen LogP contribution in [0, 0.1) is 0 Å². The lowest BCUT2D eigenvalue weighted by Gasteiger charge is -2.35. The number of benzene rings is 1. The highest BCUT2D eigenvalue weighted by Crippen LogP contribution is 2.36. The first-order valence-electron chi connectivity index (χ1n) is 12.5. The molecule has 9 heteroatoms. The molecular formula is C27H32N2O6Si. The van der Waals surface area contributed by atoms with Crippen molar-refractivity contribution in [3.63, 3.8) is 0 Å². The summed E-state index contributed by atoms with van der Waals surface area (Å²) in [6.07, 6.45) is 3.57. The van der Waals surface area contributed by atoms with Crippen LogP contribution in [0.3, 0.4) is 0 Å². The molecule has 3 N–H and O–H groups in total. The molecule has 0 amide bonds. The van der Waals surface area contributed by atoms with E-state index >= 15 is 0 Å². The summed E-state index contributed by atoms with van der Waals surface area (Å²) in [7, 11) is -1.66. The molecule has 0 bridgehead atoms. The molecule has 3 heterocycles. The van der Waals surface area contributed by atoms with E-state index in [0.717, 1.165) is 29.6 Å². The van der Waals surface area contributed by atoms with E-state index in [1.165, 1.54) is 11.1 Å². The molecule has 2 aliphatic heterocycles. The highest BCUT2D eigenvalue weighted by atomic mass is 28.3. The van der Waals surface area contributed by atoms with Gasteiger partial charge in [-0.15, -0.1) is 0 Å². The third-order valence-electron chi connectivity index (χ3n) is 7.98. The maximum atomic E-state index is 12.4. The van der Waals surface area contributed by atoms with E-state index in [9.17, 15) is 19.8 Å². The van der Waals surface area contributed by atoms with Crippen molar-refractivity contribution in [2.75, 3.05) is 6.61 Å². The fourth-order valence-electron chi connectivity index (χ4n) is 5.59. The van der Waals surface area contributed by atoms with Crippen LogP contribution in [-0.4, -0.2) is 57.1 Å². The number of cyclic esters (lactones) is 1. The van der Waals surface area contributed by atoms with Gasteiger partial charge in [-0.25, -0.2) is 9.78 Å². The topological polar surface area (TPSA) is 122 Å². The lowest BCUT2D eigenvalue weighted by atomic mass is 9.80. The Bertz CT molecular complexity index is 1440. The fraction of sp³-hybridized carbons (Fsp3) is 0.444. The summed E-state index contributed by atoms with van der Waals surface area (Å²) in [5.41, 5.74) is 4.09. The molecule has 190 valence electrons. The number of aromatic nitrogens is 2. The van der Waals surface area contributed by atoms with Crippen molar-refractivity contribution in [2.45, 2.75) is 69.9 Å². The average molecular weight is 509 g/mol. The van der Waals surface area contributed by atoms with E-state index in [1.54, 1.807) is 6.92 Å². The van der Waals surface area contributed by atoms with Crippen molar-refractivity contribution in [1.29, 1.82) is 0 Å². The number of hydrogen-bond acceptors (Lipinski definition) is 6. The summed E-state index contributed by atoms with van der Waals surface area (Å²) < 4.78 is 7.24. The van der Waals surface area contributed by atoms with Crippen LogP contribution in [0.25, 0.3) is 11.8 Å². The smallest absolute Gasteiger partial charge is 0.342 e. The molecule has 0 saturated carbocycles. The van der Waals surface area contributed by atoms with Crippen LogP contribution in [0.15, 0.2) is 29.3 Å². The summed E-state index contributed by atoms with van der Waals surface area (Å²) in [6, 6.07) is 8.01. The molecule has 1 unspecified atom stereocenters. The second kappa shape index (κ2) is 8.74. The van der Waals surface area contributed by atoms with Gasteiger partial charge in [-0.1, -0.05) is 44.3 Å². The van der Waals surface area contributed by atoms with Crippen molar-refractivity contribution in [3.8, 4) is 0 Å². The molecule has 1 aromatic heterocycles. The summed E-state index contributed by atoms with van der Waals surface area (Å²) in [5.74, 6) is -1.40. The van der Waals surface area contributed by atoms with E-state index in [0.29, 0.717) is 28.7 Å². The van der Waals surface area contributed by atoms with Crippen LogP contribution in [0.5, 0.6) is 0 Å². The van der Waals surface area contributed by atoms with Gasteiger partial charge in [0.15, 0.2) is 5.60 Å². The van der Waals surface area contributed by atoms with Crippen LogP contribution < -0.4 is 10.8 Å². The highest BCUT2D eigenvalue weighted by Gasteiger charge is 2.47. The minimum atomic E-state index is -1.75. The number of fused-ring (bicyclic) bond motifs is 4. The van der Waals surface area contributed by atoms with Crippen molar-refractivity contribution in [2.24, 2.45) is 0 Å². The van der Waals surface area contributed by atoms with Gasteiger partial charge in [-0.2, -0.15) is 0 Å². The van der Waals surface area contributed by atoms with Gasteiger partial charge in [-0.3, -0.25) is 4.79 Å². The van der Waals surface area contributed by atoms with Gasteiger partial charge in [0.2, 0.25) is 0 Å². The van der Waals surface area contributed by atoms with E-state index in [2.05, 4.69) is 25.2 Å². The molecule has 2 aromatic rings. The van der Waals surface area contributed by atoms with Crippen LogP contribution in [0.4, 0.5) is 0 Å². The molecule has 8 nitrogen and oxygen atoms in total. The molecule has 36 heavy (non-hydrogen) atoms. The number of imidazole rings is 1. The second-order valence-electron chi connectivity index (χ2n) is 10.8. The Hall–Kier alpha value is -3.17. The lowest BCUT2D eigenvalue weighted by Crippen LogP contribution is -2.49. The Morgan fingerprint density at radius 1 is 1.28 bits per heavy atom. The zero-order valence-electron chi connectivity index (χ0n) is 20.9. The van der Waals surface area contributed by atoms with Gasteiger partial charge in [0.25, 0.3) is 0 Å². The maximum Gasteiger partial charge on any atom is 0.342 e. The lowest BCUT2D eigenvalue weighted by molar-refractivity contribution is -0.163. The maximum absolute atomic E-state index is 12.4. The van der Waals surface area contributed by atoms with Crippen LogP contribution in [0.2, 0.25) is 25.2 Å². The molecule has 3 aliphatic rings. The van der Waals surface area contributed by atoms with Gasteiger partial charge in [-0.05, 0) is 47.2 Å². The first kappa shape index (κ1) is 24.5. The SMILES string of the molecule is CCC1(O)C(=O)OCC2=C1Cc1nc3n(c1=C2O)Cc1c(cccc1CC[Si](C)(C)CCC(=O)O)C=3. The van der Waals surface area contributed by atoms with E-state index in [4.69, 9.17) is 14.8 Å². The Morgan fingerprint density at radius 3 is 2.78 bits per heavy atom. The number of aliphatic carboxylic acids is 1. The van der Waals surface area contributed by atoms with Gasteiger partial charge in [0, 0.05) is 26.5 Å². The number of carboxylic acids is 1. The number of carbonyl (C=O) groups excluding carboxylic acids is 1.